The average Bonchev–Trinajstić information content (AvgIpc) is 2.94. The van der Waals surface area contributed by atoms with Crippen LogP contribution in [0.25, 0.3) is 55.8 Å². The SMILES string of the molecule is Brc1ccc2nc(-c3ccc(-c4ccccc4)cc3)nc(-c3ccc(-c4ccccc4)cc3)c2c1. The van der Waals surface area contributed by atoms with E-state index in [1.165, 1.54) is 22.3 Å². The third-order valence-corrected chi connectivity index (χ3v) is 6.67. The van der Waals surface area contributed by atoms with Gasteiger partial charge in [0, 0.05) is 21.0 Å². The molecular formula is C32H21BrN2. The van der Waals surface area contributed by atoms with Gasteiger partial charge < -0.3 is 0 Å². The average molecular weight is 513 g/mol. The molecule has 0 aliphatic rings. The van der Waals surface area contributed by atoms with Crippen LogP contribution in [0.3, 0.4) is 0 Å². The van der Waals surface area contributed by atoms with Crippen LogP contribution in [-0.2, 0) is 0 Å². The van der Waals surface area contributed by atoms with Crippen molar-refractivity contribution in [2.75, 3.05) is 0 Å². The van der Waals surface area contributed by atoms with Crippen molar-refractivity contribution >= 4 is 26.8 Å². The van der Waals surface area contributed by atoms with Gasteiger partial charge in [-0.3, -0.25) is 0 Å². The lowest BCUT2D eigenvalue weighted by atomic mass is 10.0. The molecule has 0 N–H and O–H groups in total. The molecule has 166 valence electrons. The molecule has 0 saturated carbocycles. The van der Waals surface area contributed by atoms with Crippen molar-refractivity contribution in [1.29, 1.82) is 0 Å². The summed E-state index contributed by atoms with van der Waals surface area (Å²) in [5.41, 5.74) is 8.68. The number of benzene rings is 5. The van der Waals surface area contributed by atoms with Gasteiger partial charge in [-0.1, -0.05) is 125 Å². The summed E-state index contributed by atoms with van der Waals surface area (Å²) in [6, 6.07) is 44.1. The first-order valence-corrected chi connectivity index (χ1v) is 12.3. The van der Waals surface area contributed by atoms with E-state index in [2.05, 4.69) is 119 Å². The second kappa shape index (κ2) is 9.28. The van der Waals surface area contributed by atoms with E-state index in [-0.39, 0.29) is 0 Å². The fourth-order valence-corrected chi connectivity index (χ4v) is 4.70. The lowest BCUT2D eigenvalue weighted by molar-refractivity contribution is 1.23. The summed E-state index contributed by atoms with van der Waals surface area (Å²) < 4.78 is 1.01. The predicted molar refractivity (Wildman–Crippen MR) is 149 cm³/mol. The Kier molecular flexibility index (Phi) is 5.69. The first kappa shape index (κ1) is 21.5. The van der Waals surface area contributed by atoms with Crippen molar-refractivity contribution < 1.29 is 0 Å². The first-order chi connectivity index (χ1) is 17.2. The van der Waals surface area contributed by atoms with Crippen LogP contribution in [0, 0.1) is 0 Å². The van der Waals surface area contributed by atoms with Crippen molar-refractivity contribution in [1.82, 2.24) is 9.97 Å². The van der Waals surface area contributed by atoms with Crippen LogP contribution < -0.4 is 0 Å². The van der Waals surface area contributed by atoms with Gasteiger partial charge in [0.15, 0.2) is 5.82 Å². The van der Waals surface area contributed by atoms with Crippen molar-refractivity contribution in [2.45, 2.75) is 0 Å². The van der Waals surface area contributed by atoms with Crippen molar-refractivity contribution in [3.63, 3.8) is 0 Å². The molecule has 1 heterocycles. The highest BCUT2D eigenvalue weighted by Crippen LogP contribution is 2.33. The van der Waals surface area contributed by atoms with Crippen LogP contribution in [-0.4, -0.2) is 9.97 Å². The highest BCUT2D eigenvalue weighted by molar-refractivity contribution is 9.10. The zero-order valence-corrected chi connectivity index (χ0v) is 20.5. The minimum Gasteiger partial charge on any atom is -0.228 e. The fourth-order valence-electron chi connectivity index (χ4n) is 4.34. The highest BCUT2D eigenvalue weighted by atomic mass is 79.9. The number of hydrogen-bond acceptors (Lipinski definition) is 2. The summed E-state index contributed by atoms with van der Waals surface area (Å²) in [6.07, 6.45) is 0. The van der Waals surface area contributed by atoms with Gasteiger partial charge in [-0.2, -0.15) is 0 Å². The number of rotatable bonds is 4. The van der Waals surface area contributed by atoms with Crippen LogP contribution in [0.4, 0.5) is 0 Å². The predicted octanol–water partition coefficient (Wildman–Crippen LogP) is 9.06. The molecule has 0 saturated heterocycles. The van der Waals surface area contributed by atoms with Crippen LogP contribution in [0.2, 0.25) is 0 Å². The zero-order chi connectivity index (χ0) is 23.6. The van der Waals surface area contributed by atoms with Gasteiger partial charge in [0.25, 0.3) is 0 Å². The van der Waals surface area contributed by atoms with E-state index in [1.807, 2.05) is 24.3 Å². The molecule has 1 aromatic heterocycles. The molecule has 0 aliphatic heterocycles. The minimum atomic E-state index is 0.724. The smallest absolute Gasteiger partial charge is 0.160 e. The Bertz CT molecular complexity index is 1610. The third kappa shape index (κ3) is 4.39. The normalized spacial score (nSPS) is 11.0. The van der Waals surface area contributed by atoms with E-state index < -0.39 is 0 Å². The van der Waals surface area contributed by atoms with Gasteiger partial charge in [-0.05, 0) is 40.5 Å². The van der Waals surface area contributed by atoms with Crippen molar-refractivity contribution in [3.8, 4) is 44.9 Å². The number of nitrogens with zero attached hydrogens (tertiary/aromatic N) is 2. The largest absolute Gasteiger partial charge is 0.228 e. The third-order valence-electron chi connectivity index (χ3n) is 6.17. The van der Waals surface area contributed by atoms with Gasteiger partial charge in [0.2, 0.25) is 0 Å². The molecule has 0 fully saturated rings. The van der Waals surface area contributed by atoms with E-state index in [0.29, 0.717) is 0 Å². The Morgan fingerprint density at radius 3 is 1.49 bits per heavy atom. The number of fused-ring (bicyclic) bond motifs is 1. The summed E-state index contributed by atoms with van der Waals surface area (Å²) in [7, 11) is 0. The molecule has 0 unspecified atom stereocenters. The fraction of sp³-hybridized carbons (Fsp3) is 0. The Morgan fingerprint density at radius 1 is 0.429 bits per heavy atom. The van der Waals surface area contributed by atoms with Crippen molar-refractivity contribution in [2.24, 2.45) is 0 Å². The highest BCUT2D eigenvalue weighted by Gasteiger charge is 2.13. The zero-order valence-electron chi connectivity index (χ0n) is 18.9. The molecule has 0 radical (unpaired) electrons. The first-order valence-electron chi connectivity index (χ1n) is 11.5. The van der Waals surface area contributed by atoms with Crippen LogP contribution in [0.1, 0.15) is 0 Å². The molecule has 35 heavy (non-hydrogen) atoms. The molecule has 0 bridgehead atoms. The summed E-state index contributed by atoms with van der Waals surface area (Å²) in [5.74, 6) is 0.724. The number of aromatic nitrogens is 2. The Morgan fingerprint density at radius 2 is 0.914 bits per heavy atom. The second-order valence-electron chi connectivity index (χ2n) is 8.44. The van der Waals surface area contributed by atoms with E-state index in [9.17, 15) is 0 Å². The molecule has 3 heteroatoms. The van der Waals surface area contributed by atoms with E-state index in [1.54, 1.807) is 0 Å². The molecule has 0 atom stereocenters. The topological polar surface area (TPSA) is 25.8 Å². The molecule has 0 aliphatic carbocycles. The molecule has 2 nitrogen and oxygen atoms in total. The maximum Gasteiger partial charge on any atom is 0.160 e. The molecule has 0 amide bonds. The summed E-state index contributed by atoms with van der Waals surface area (Å²) >= 11 is 3.62. The molecule has 5 aromatic carbocycles. The summed E-state index contributed by atoms with van der Waals surface area (Å²) in [5, 5.41) is 1.02. The lowest BCUT2D eigenvalue weighted by Crippen LogP contribution is -1.95. The van der Waals surface area contributed by atoms with E-state index in [4.69, 9.17) is 9.97 Å². The molecule has 6 aromatic rings. The second-order valence-corrected chi connectivity index (χ2v) is 9.36. The quantitative estimate of drug-likeness (QED) is 0.235. The monoisotopic (exact) mass is 512 g/mol. The Labute approximate surface area is 213 Å². The van der Waals surface area contributed by atoms with Crippen LogP contribution in [0.15, 0.2) is 132 Å². The van der Waals surface area contributed by atoms with Gasteiger partial charge in [-0.15, -0.1) is 0 Å². The van der Waals surface area contributed by atoms with Gasteiger partial charge >= 0.3 is 0 Å². The maximum atomic E-state index is 5.06. The summed E-state index contributed by atoms with van der Waals surface area (Å²) in [6.45, 7) is 0. The number of hydrogen-bond donors (Lipinski definition) is 0. The Balaban J connectivity index is 1.44. The lowest BCUT2D eigenvalue weighted by Gasteiger charge is -2.11. The molecule has 6 rings (SSSR count). The molecule has 0 spiro atoms. The number of halogens is 1. The maximum absolute atomic E-state index is 5.06. The van der Waals surface area contributed by atoms with Gasteiger partial charge in [0.1, 0.15) is 0 Å². The summed E-state index contributed by atoms with van der Waals surface area (Å²) in [4.78, 5) is 9.96. The Hall–Kier alpha value is -4.08. The van der Waals surface area contributed by atoms with E-state index >= 15 is 0 Å². The van der Waals surface area contributed by atoms with Gasteiger partial charge in [-0.25, -0.2) is 9.97 Å². The molecular weight excluding hydrogens is 492 g/mol. The van der Waals surface area contributed by atoms with Crippen molar-refractivity contribution in [3.05, 3.63) is 132 Å². The van der Waals surface area contributed by atoms with Crippen LogP contribution >= 0.6 is 15.9 Å². The standard InChI is InChI=1S/C32H21BrN2/c33-28-19-20-30-29(21-28)31(26-15-11-24(12-16-26)22-7-3-1-4-8-22)35-32(34-30)27-17-13-25(14-18-27)23-9-5-2-6-10-23/h1-21H. The van der Waals surface area contributed by atoms with Crippen LogP contribution in [0.5, 0.6) is 0 Å². The van der Waals surface area contributed by atoms with E-state index in [0.717, 1.165) is 38.0 Å². The van der Waals surface area contributed by atoms with Gasteiger partial charge in [0.05, 0.1) is 11.2 Å². The minimum absolute atomic E-state index is 0.724.